The van der Waals surface area contributed by atoms with E-state index in [1.807, 2.05) is 0 Å². The van der Waals surface area contributed by atoms with E-state index in [1.165, 1.54) is 6.92 Å². The van der Waals surface area contributed by atoms with Crippen molar-refractivity contribution in [2.45, 2.75) is 19.3 Å². The van der Waals surface area contributed by atoms with Gasteiger partial charge in [-0.05, 0) is 12.0 Å². The van der Waals surface area contributed by atoms with Gasteiger partial charge in [-0.3, -0.25) is 0 Å². The van der Waals surface area contributed by atoms with E-state index in [4.69, 9.17) is 0 Å². The molecule has 0 spiro atoms. The van der Waals surface area contributed by atoms with Crippen molar-refractivity contribution >= 4 is 6.29 Å². The maximum Gasteiger partial charge on any atom is 0.203 e. The topological polar surface area (TPSA) is 37.3 Å². The molecule has 1 rings (SSSR count). The summed E-state index contributed by atoms with van der Waals surface area (Å²) < 4.78 is 38.3. The molecule has 0 heterocycles. The number of aromatic hydroxyl groups is 1. The molecule has 0 saturated heterocycles. The summed E-state index contributed by atoms with van der Waals surface area (Å²) in [4.78, 5) is 10.2. The normalized spacial score (nSPS) is 12.5. The molecule has 5 heteroatoms. The number of carbonyl (C=O) groups is 1. The molecular formula is C10H9F3O2. The van der Waals surface area contributed by atoms with Gasteiger partial charge < -0.3 is 9.90 Å². The van der Waals surface area contributed by atoms with Crippen LogP contribution < -0.4 is 0 Å². The lowest BCUT2D eigenvalue weighted by Crippen LogP contribution is -2.01. The van der Waals surface area contributed by atoms with Crippen LogP contribution in [0.3, 0.4) is 0 Å². The van der Waals surface area contributed by atoms with Crippen LogP contribution in [0.2, 0.25) is 0 Å². The molecule has 0 aliphatic heterocycles. The van der Waals surface area contributed by atoms with Crippen molar-refractivity contribution in [3.8, 4) is 5.75 Å². The molecule has 0 fully saturated rings. The number of rotatable bonds is 3. The van der Waals surface area contributed by atoms with Crippen molar-refractivity contribution in [2.75, 3.05) is 0 Å². The molecule has 0 radical (unpaired) electrons. The Bertz CT molecular complexity index is 391. The second-order valence-corrected chi connectivity index (χ2v) is 3.23. The van der Waals surface area contributed by atoms with Gasteiger partial charge in [0.1, 0.15) is 6.29 Å². The van der Waals surface area contributed by atoms with Crippen molar-refractivity contribution in [2.24, 2.45) is 0 Å². The summed E-state index contributed by atoms with van der Waals surface area (Å²) >= 11 is 0. The number of benzene rings is 1. The highest BCUT2D eigenvalue weighted by Gasteiger charge is 2.21. The van der Waals surface area contributed by atoms with E-state index in [1.54, 1.807) is 0 Å². The molecule has 0 bridgehead atoms. The first kappa shape index (κ1) is 11.6. The molecule has 82 valence electrons. The van der Waals surface area contributed by atoms with E-state index in [-0.39, 0.29) is 12.0 Å². The minimum atomic E-state index is -1.71. The van der Waals surface area contributed by atoms with Crippen LogP contribution in [0.15, 0.2) is 6.07 Å². The summed E-state index contributed by atoms with van der Waals surface area (Å²) in [6.45, 7) is 1.50. The van der Waals surface area contributed by atoms with E-state index in [9.17, 15) is 23.1 Å². The predicted molar refractivity (Wildman–Crippen MR) is 47.1 cm³/mol. The molecule has 1 unspecified atom stereocenters. The number of halogens is 3. The van der Waals surface area contributed by atoms with Gasteiger partial charge in [0.2, 0.25) is 5.82 Å². The van der Waals surface area contributed by atoms with E-state index in [0.717, 1.165) is 0 Å². The molecule has 0 aliphatic carbocycles. The van der Waals surface area contributed by atoms with E-state index in [2.05, 4.69) is 0 Å². The molecule has 1 aromatic rings. The van der Waals surface area contributed by atoms with Crippen LogP contribution in [0.4, 0.5) is 13.2 Å². The number of hydrogen-bond donors (Lipinski definition) is 1. The molecule has 2 nitrogen and oxygen atoms in total. The highest BCUT2D eigenvalue weighted by molar-refractivity contribution is 5.52. The van der Waals surface area contributed by atoms with Gasteiger partial charge in [0, 0.05) is 12.0 Å². The van der Waals surface area contributed by atoms with Crippen LogP contribution >= 0.6 is 0 Å². The quantitative estimate of drug-likeness (QED) is 0.625. The van der Waals surface area contributed by atoms with Gasteiger partial charge in [-0.1, -0.05) is 6.92 Å². The second kappa shape index (κ2) is 4.33. The van der Waals surface area contributed by atoms with Crippen LogP contribution in [0.25, 0.3) is 0 Å². The fourth-order valence-electron chi connectivity index (χ4n) is 1.25. The monoisotopic (exact) mass is 218 g/mol. The second-order valence-electron chi connectivity index (χ2n) is 3.23. The Hall–Kier alpha value is -1.52. The Morgan fingerprint density at radius 1 is 1.40 bits per heavy atom. The molecule has 0 saturated carbocycles. The number of hydrogen-bond acceptors (Lipinski definition) is 2. The number of aldehydes is 1. The van der Waals surface area contributed by atoms with Crippen LogP contribution in [0, 0.1) is 17.5 Å². The van der Waals surface area contributed by atoms with Gasteiger partial charge in [-0.15, -0.1) is 0 Å². The maximum absolute atomic E-state index is 12.9. The average Bonchev–Trinajstić information content (AvgIpc) is 2.20. The molecule has 1 N–H and O–H groups in total. The third kappa shape index (κ3) is 2.11. The Morgan fingerprint density at radius 2 is 2.00 bits per heavy atom. The van der Waals surface area contributed by atoms with E-state index >= 15 is 0 Å². The minimum absolute atomic E-state index is 0.00191. The fourth-order valence-corrected chi connectivity index (χ4v) is 1.25. The first-order chi connectivity index (χ1) is 6.99. The lowest BCUT2D eigenvalue weighted by molar-refractivity contribution is -0.108. The van der Waals surface area contributed by atoms with Crippen molar-refractivity contribution in [1.82, 2.24) is 0 Å². The van der Waals surface area contributed by atoms with Gasteiger partial charge in [-0.25, -0.2) is 8.78 Å². The molecule has 0 amide bonds. The maximum atomic E-state index is 12.9. The summed E-state index contributed by atoms with van der Waals surface area (Å²) in [7, 11) is 0. The lowest BCUT2D eigenvalue weighted by atomic mass is 9.97. The van der Waals surface area contributed by atoms with Crippen LogP contribution in [0.5, 0.6) is 5.75 Å². The summed E-state index contributed by atoms with van der Waals surface area (Å²) in [6.07, 6.45) is 0.557. The average molecular weight is 218 g/mol. The van der Waals surface area contributed by atoms with E-state index in [0.29, 0.717) is 12.4 Å². The van der Waals surface area contributed by atoms with Crippen LogP contribution in [-0.4, -0.2) is 11.4 Å². The van der Waals surface area contributed by atoms with Crippen LogP contribution in [-0.2, 0) is 4.79 Å². The van der Waals surface area contributed by atoms with Crippen molar-refractivity contribution < 1.29 is 23.1 Å². The molecule has 1 aromatic carbocycles. The molecule has 1 atom stereocenters. The molecule has 0 aliphatic rings. The Labute approximate surface area is 84.3 Å². The van der Waals surface area contributed by atoms with Gasteiger partial charge in [-0.2, -0.15) is 4.39 Å². The van der Waals surface area contributed by atoms with Crippen molar-refractivity contribution in [3.63, 3.8) is 0 Å². The SMILES string of the molecule is CC(CC=O)c1cc(F)c(F)c(F)c1O. The van der Waals surface area contributed by atoms with E-state index < -0.39 is 29.1 Å². The molecular weight excluding hydrogens is 209 g/mol. The third-order valence-electron chi connectivity index (χ3n) is 2.15. The van der Waals surface area contributed by atoms with Crippen molar-refractivity contribution in [3.05, 3.63) is 29.1 Å². The van der Waals surface area contributed by atoms with Gasteiger partial charge in [0.25, 0.3) is 0 Å². The zero-order valence-corrected chi connectivity index (χ0v) is 7.93. The lowest BCUT2D eigenvalue weighted by Gasteiger charge is -2.11. The Kier molecular flexibility index (Phi) is 3.34. The van der Waals surface area contributed by atoms with Crippen molar-refractivity contribution in [1.29, 1.82) is 0 Å². The number of phenolic OH excluding ortho intramolecular Hbond substituents is 1. The summed E-state index contributed by atoms with van der Waals surface area (Å²) in [5.41, 5.74) is -0.112. The minimum Gasteiger partial charge on any atom is -0.505 e. The smallest absolute Gasteiger partial charge is 0.203 e. The first-order valence-corrected chi connectivity index (χ1v) is 4.29. The van der Waals surface area contributed by atoms with Gasteiger partial charge >= 0.3 is 0 Å². The summed E-state index contributed by atoms with van der Waals surface area (Å²) in [5, 5.41) is 9.20. The molecule has 0 aromatic heterocycles. The summed E-state index contributed by atoms with van der Waals surface area (Å²) in [5.74, 6) is -6.22. The highest BCUT2D eigenvalue weighted by atomic mass is 19.2. The highest BCUT2D eigenvalue weighted by Crippen LogP contribution is 2.32. The fraction of sp³-hybridized carbons (Fsp3) is 0.300. The van der Waals surface area contributed by atoms with Gasteiger partial charge in [0.05, 0.1) is 0 Å². The standard InChI is InChI=1S/C10H9F3O2/c1-5(2-3-14)6-4-7(11)8(12)9(13)10(6)15/h3-5,15H,2H2,1H3. The molecule has 15 heavy (non-hydrogen) atoms. The Morgan fingerprint density at radius 3 is 2.53 bits per heavy atom. The largest absolute Gasteiger partial charge is 0.505 e. The Balaban J connectivity index is 3.25. The summed E-state index contributed by atoms with van der Waals surface area (Å²) in [6, 6.07) is 0.696. The first-order valence-electron chi connectivity index (χ1n) is 4.29. The third-order valence-corrected chi connectivity index (χ3v) is 2.15. The number of phenols is 1. The predicted octanol–water partition coefficient (Wildman–Crippen LogP) is 2.50. The van der Waals surface area contributed by atoms with Crippen LogP contribution in [0.1, 0.15) is 24.8 Å². The number of carbonyl (C=O) groups excluding carboxylic acids is 1. The van der Waals surface area contributed by atoms with Gasteiger partial charge in [0.15, 0.2) is 17.4 Å². The zero-order valence-electron chi connectivity index (χ0n) is 7.93. The zero-order chi connectivity index (χ0) is 11.6.